The summed E-state index contributed by atoms with van der Waals surface area (Å²) < 4.78 is 9.36. The topological polar surface area (TPSA) is 28.1 Å². The molecule has 2 aromatic carbocycles. The number of aliphatic imine (C=N–C) groups is 1. The zero-order valence-electron chi connectivity index (χ0n) is 22.2. The summed E-state index contributed by atoms with van der Waals surface area (Å²) in [6.07, 6.45) is 8.66. The van der Waals surface area contributed by atoms with Gasteiger partial charge in [-0.2, -0.15) is 6.67 Å². The van der Waals surface area contributed by atoms with Crippen molar-refractivity contribution in [1.29, 1.82) is 0 Å². The van der Waals surface area contributed by atoms with E-state index in [1.54, 1.807) is 31.0 Å². The Morgan fingerprint density at radius 1 is 1.00 bits per heavy atom. The van der Waals surface area contributed by atoms with Gasteiger partial charge < -0.3 is 20.8 Å². The molecule has 0 unspecified atom stereocenters. The van der Waals surface area contributed by atoms with Crippen LogP contribution in [-0.4, -0.2) is 48.0 Å². The summed E-state index contributed by atoms with van der Waals surface area (Å²) in [5, 5.41) is 0. The van der Waals surface area contributed by atoms with Crippen molar-refractivity contribution >= 4 is 45.5 Å². The van der Waals surface area contributed by atoms with Gasteiger partial charge in [-0.15, -0.1) is 23.9 Å². The fourth-order valence-electron chi connectivity index (χ4n) is 2.03. The molecule has 0 amide bonds. The zero-order chi connectivity index (χ0) is 25.5. The fourth-order valence-corrected chi connectivity index (χ4v) is 2.79. The molecule has 0 N–H and O–H groups in total. The molecule has 8 heteroatoms. The Morgan fingerprint density at radius 2 is 1.56 bits per heavy atom. The summed E-state index contributed by atoms with van der Waals surface area (Å²) >= 11 is 5.27. The molecule has 0 aliphatic carbocycles. The number of hydrogen-bond donors (Lipinski definition) is 0. The molecule has 0 aliphatic heterocycles. The maximum absolute atomic E-state index is 5.10. The van der Waals surface area contributed by atoms with Gasteiger partial charge in [0.05, 0.1) is 12.8 Å². The van der Waals surface area contributed by atoms with Gasteiger partial charge in [0.25, 0.3) is 0 Å². The van der Waals surface area contributed by atoms with Gasteiger partial charge in [0.1, 0.15) is 5.75 Å². The Kier molecular flexibility index (Phi) is 30.2. The molecule has 0 saturated carbocycles. The predicted octanol–water partition coefficient (Wildman–Crippen LogP) is 8.61. The first kappa shape index (κ1) is 38.0. The van der Waals surface area contributed by atoms with Crippen LogP contribution >= 0.6 is 33.6 Å². The summed E-state index contributed by atoms with van der Waals surface area (Å²) in [4.78, 5) is 4.43. The van der Waals surface area contributed by atoms with E-state index in [0.717, 1.165) is 23.5 Å². The third kappa shape index (κ3) is 19.7. The molecule has 0 saturated heterocycles. The van der Waals surface area contributed by atoms with Crippen molar-refractivity contribution in [2.24, 2.45) is 4.99 Å². The molecule has 0 bridgehead atoms. The number of benzene rings is 2. The minimum atomic E-state index is 0. The van der Waals surface area contributed by atoms with Crippen LogP contribution in [0.25, 0.3) is 0 Å². The Morgan fingerprint density at radius 3 is 1.97 bits per heavy atom. The van der Waals surface area contributed by atoms with Crippen LogP contribution in [0.4, 0.5) is 5.69 Å². The number of halogens is 1. The third-order valence-corrected chi connectivity index (χ3v) is 5.73. The molecule has 0 heterocycles. The number of aryl methyl sites for hydroxylation is 1. The molecule has 34 heavy (non-hydrogen) atoms. The molecule has 4 nitrogen and oxygen atoms in total. The van der Waals surface area contributed by atoms with Gasteiger partial charge in [-0.05, 0) is 68.4 Å². The van der Waals surface area contributed by atoms with E-state index in [4.69, 9.17) is 4.74 Å². The van der Waals surface area contributed by atoms with Crippen LogP contribution in [0.15, 0.2) is 53.5 Å². The van der Waals surface area contributed by atoms with Crippen molar-refractivity contribution in [3.63, 3.8) is 0 Å². The molecule has 2 rings (SSSR count). The molecule has 0 aliphatic rings. The first-order valence-electron chi connectivity index (χ1n) is 10.7. The Balaban J connectivity index is -0.000000485. The number of methoxy groups -OCH3 is 1. The van der Waals surface area contributed by atoms with E-state index in [0.29, 0.717) is 0 Å². The average molecular weight is 614 g/mol. The summed E-state index contributed by atoms with van der Waals surface area (Å²) in [6.45, 7) is 11.7. The first-order chi connectivity index (χ1) is 15.9. The van der Waals surface area contributed by atoms with Gasteiger partial charge in [-0.25, -0.2) is 0 Å². The van der Waals surface area contributed by atoms with E-state index in [1.165, 1.54) is 18.4 Å². The molecule has 2 aromatic rings. The van der Waals surface area contributed by atoms with Crippen LogP contribution in [-0.2, 0) is 17.3 Å². The molecule has 0 atom stereocenters. The molecule has 195 valence electrons. The van der Waals surface area contributed by atoms with Crippen LogP contribution in [0.2, 0.25) is 0 Å². The molecule has 0 aromatic heterocycles. The van der Waals surface area contributed by atoms with Gasteiger partial charge in [-0.3, -0.25) is 4.99 Å². The number of unbranched alkanes of at least 4 members (excludes halogenated alkanes) is 1. The van der Waals surface area contributed by atoms with Crippen LogP contribution < -0.4 is 4.74 Å². The fraction of sp³-hybridized carbons (Fsp3) is 0.423. The van der Waals surface area contributed by atoms with Crippen molar-refractivity contribution in [3.8, 4) is 5.75 Å². The monoisotopic (exact) mass is 614 g/mol. The molecular weight excluding hydrogens is 571 g/mol. The predicted molar refractivity (Wildman–Crippen MR) is 156 cm³/mol. The normalized spacial score (nSPS) is 9.74. The second-order valence-corrected chi connectivity index (χ2v) is 8.35. The quantitative estimate of drug-likeness (QED) is 0.122. The number of hydrogen-bond acceptors (Lipinski definition) is 6. The van der Waals surface area contributed by atoms with Crippen molar-refractivity contribution in [2.45, 2.75) is 40.5 Å². The van der Waals surface area contributed by atoms with Gasteiger partial charge in [-0.1, -0.05) is 57.9 Å². The summed E-state index contributed by atoms with van der Waals surface area (Å²) in [7, 11) is 8.27. The van der Waals surface area contributed by atoms with Crippen LogP contribution in [0.3, 0.4) is 0 Å². The standard InChI is InChI=1S/C15H15NO.C6H15N2S2.C4H10.CH3.ClH.Ru/c1-12-5-3-4-6-13(12)11-16-14-7-9-15(17-2)10-8-14;1-5-8(10-4)6-7(2)9-3;1-3-4-2;;;/h3-11H,1-2H3;6H,5H2,1-4H3;3-4H2,1-2H3;1H3;1H;/q;-1;;-1;;+3/p-1. The third-order valence-electron chi connectivity index (χ3n) is 4.24. The van der Waals surface area contributed by atoms with E-state index >= 15 is 0 Å². The number of ether oxygens (including phenoxy) is 1. The summed E-state index contributed by atoms with van der Waals surface area (Å²) in [6, 6.07) is 15.9. The van der Waals surface area contributed by atoms with E-state index in [1.807, 2.05) is 67.0 Å². The van der Waals surface area contributed by atoms with Crippen LogP contribution in [0, 0.1) is 21.0 Å². The van der Waals surface area contributed by atoms with E-state index in [2.05, 4.69) is 82.3 Å². The van der Waals surface area contributed by atoms with Gasteiger partial charge >= 0.3 is 27.0 Å². The number of nitrogens with zero attached hydrogens (tertiary/aromatic N) is 3. The average Bonchev–Trinajstić information content (AvgIpc) is 2.88. The molecular formula is C26H43ClN3ORuS2. The van der Waals surface area contributed by atoms with Crippen molar-refractivity contribution in [3.05, 3.63) is 73.8 Å². The molecule has 0 fully saturated rings. The van der Waals surface area contributed by atoms with Gasteiger partial charge in [0.15, 0.2) is 0 Å². The van der Waals surface area contributed by atoms with Gasteiger partial charge in [0, 0.05) is 6.21 Å². The zero-order valence-corrected chi connectivity index (χ0v) is 26.3. The Bertz CT molecular complexity index is 715. The van der Waals surface area contributed by atoms with E-state index in [-0.39, 0.29) is 7.43 Å². The second kappa shape index (κ2) is 27.0. The van der Waals surface area contributed by atoms with Gasteiger partial charge in [0.2, 0.25) is 0 Å². The van der Waals surface area contributed by atoms with E-state index < -0.39 is 0 Å². The minimum absolute atomic E-state index is 0. The SMILES string of the molecule is CCCC.CCN([CH-]N(C)SC)SC.COc1ccc(N=Cc2ccccc2C)cc1.[CH3-].[Cl][Ru+2]. The molecule has 0 spiro atoms. The van der Waals surface area contributed by atoms with Crippen LogP contribution in [0.5, 0.6) is 5.75 Å². The maximum atomic E-state index is 5.10. The van der Waals surface area contributed by atoms with Crippen molar-refractivity contribution in [2.75, 3.05) is 33.2 Å². The van der Waals surface area contributed by atoms with Crippen molar-refractivity contribution in [1.82, 2.24) is 8.61 Å². The molecule has 0 radical (unpaired) electrons. The van der Waals surface area contributed by atoms with E-state index in [9.17, 15) is 0 Å². The van der Waals surface area contributed by atoms with Crippen molar-refractivity contribution < 1.29 is 22.0 Å². The Hall–Kier alpha value is -0.557. The second-order valence-electron chi connectivity index (χ2n) is 6.57. The summed E-state index contributed by atoms with van der Waals surface area (Å²) in [5.74, 6) is 0.847. The Labute approximate surface area is 233 Å². The first-order valence-corrected chi connectivity index (χ1v) is 15.3. The summed E-state index contributed by atoms with van der Waals surface area (Å²) in [5.41, 5.74) is 3.29. The van der Waals surface area contributed by atoms with Crippen LogP contribution in [0.1, 0.15) is 44.7 Å². The number of rotatable bonds is 9.